The van der Waals surface area contributed by atoms with Gasteiger partial charge in [-0.1, -0.05) is 23.7 Å². The van der Waals surface area contributed by atoms with Gasteiger partial charge in [-0.3, -0.25) is 4.79 Å². The number of furan rings is 1. The molecule has 4 rings (SSSR count). The van der Waals surface area contributed by atoms with Gasteiger partial charge in [0.25, 0.3) is 0 Å². The Balaban J connectivity index is 1.47. The Hall–Kier alpha value is -3.36. The fraction of sp³-hybridized carbons (Fsp3) is 0.120. The second-order valence-corrected chi connectivity index (χ2v) is 8.45. The van der Waals surface area contributed by atoms with E-state index in [1.165, 1.54) is 18.3 Å². The predicted molar refractivity (Wildman–Crippen MR) is 132 cm³/mol. The van der Waals surface area contributed by atoms with Crippen LogP contribution in [0, 0.1) is 5.82 Å². The molecule has 0 saturated carbocycles. The normalized spacial score (nSPS) is 11.2. The van der Waals surface area contributed by atoms with E-state index in [4.69, 9.17) is 25.5 Å². The van der Waals surface area contributed by atoms with Crippen molar-refractivity contribution in [1.29, 1.82) is 0 Å². The molecule has 6 nitrogen and oxygen atoms in total. The van der Waals surface area contributed by atoms with Gasteiger partial charge in [-0.2, -0.15) is 5.10 Å². The summed E-state index contributed by atoms with van der Waals surface area (Å²) in [5, 5.41) is 5.30. The van der Waals surface area contributed by atoms with Crippen LogP contribution < -0.4 is 14.9 Å². The lowest BCUT2D eigenvalue weighted by molar-refractivity contribution is 0.0929. The van der Waals surface area contributed by atoms with Crippen molar-refractivity contribution in [2.45, 2.75) is 13.5 Å². The zero-order valence-electron chi connectivity index (χ0n) is 18.0. The van der Waals surface area contributed by atoms with Crippen molar-refractivity contribution >= 4 is 50.6 Å². The molecule has 34 heavy (non-hydrogen) atoms. The molecule has 0 bridgehead atoms. The molecule has 0 aliphatic rings. The summed E-state index contributed by atoms with van der Waals surface area (Å²) in [4.78, 5) is 12.4. The fourth-order valence-corrected chi connectivity index (χ4v) is 3.77. The minimum Gasteiger partial charge on any atom is -0.490 e. The average Bonchev–Trinajstić information content (AvgIpc) is 3.23. The van der Waals surface area contributed by atoms with Crippen molar-refractivity contribution in [3.8, 4) is 11.5 Å². The number of nitrogens with zero attached hydrogens (tertiary/aromatic N) is 1. The van der Waals surface area contributed by atoms with E-state index in [0.717, 1.165) is 5.39 Å². The van der Waals surface area contributed by atoms with Gasteiger partial charge in [0.1, 0.15) is 18.0 Å². The van der Waals surface area contributed by atoms with Crippen molar-refractivity contribution in [2.24, 2.45) is 5.10 Å². The number of fused-ring (bicyclic) bond motifs is 1. The summed E-state index contributed by atoms with van der Waals surface area (Å²) in [5.41, 5.74) is 4.34. The van der Waals surface area contributed by atoms with Crippen LogP contribution in [-0.2, 0) is 6.61 Å². The monoisotopic (exact) mass is 544 g/mol. The highest BCUT2D eigenvalue weighted by atomic mass is 79.9. The quantitative estimate of drug-likeness (QED) is 0.197. The van der Waals surface area contributed by atoms with E-state index in [2.05, 4.69) is 26.5 Å². The van der Waals surface area contributed by atoms with Crippen LogP contribution in [0.4, 0.5) is 4.39 Å². The molecule has 0 atom stereocenters. The van der Waals surface area contributed by atoms with E-state index < -0.39 is 5.91 Å². The molecular weight excluding hydrogens is 527 g/mol. The smallest absolute Gasteiger partial charge is 0.307 e. The topological polar surface area (TPSA) is 73.1 Å². The molecule has 0 aliphatic heterocycles. The van der Waals surface area contributed by atoms with Gasteiger partial charge in [0, 0.05) is 20.4 Å². The highest BCUT2D eigenvalue weighted by Gasteiger charge is 2.13. The Morgan fingerprint density at radius 3 is 2.76 bits per heavy atom. The number of hydrazone groups is 1. The predicted octanol–water partition coefficient (Wildman–Crippen LogP) is 6.73. The first-order chi connectivity index (χ1) is 16.4. The van der Waals surface area contributed by atoms with Gasteiger partial charge in [-0.05, 0) is 76.9 Å². The summed E-state index contributed by atoms with van der Waals surface area (Å²) in [6, 6.07) is 16.3. The number of rotatable bonds is 8. The molecular formula is C25H19BrClFN2O4. The van der Waals surface area contributed by atoms with Crippen LogP contribution in [0.25, 0.3) is 11.0 Å². The lowest BCUT2D eigenvalue weighted by Crippen LogP contribution is -2.16. The van der Waals surface area contributed by atoms with Crippen molar-refractivity contribution in [3.05, 3.63) is 92.9 Å². The van der Waals surface area contributed by atoms with Gasteiger partial charge < -0.3 is 13.9 Å². The first kappa shape index (κ1) is 23.8. The number of hydrogen-bond donors (Lipinski definition) is 1. The van der Waals surface area contributed by atoms with Crippen molar-refractivity contribution < 1.29 is 23.1 Å². The van der Waals surface area contributed by atoms with E-state index in [9.17, 15) is 9.18 Å². The molecule has 1 aromatic heterocycles. The standard InChI is InChI=1S/C25H19BrClFN2O4/c1-2-32-22-11-17(20(26)12-23(22)33-14-15-4-3-5-19(28)8-15)13-29-30-25(31)24-10-16-9-18(27)6-7-21(16)34-24/h3-13H,2,14H2,1H3,(H,30,31)/b29-13+. The van der Waals surface area contributed by atoms with Crippen molar-refractivity contribution in [3.63, 3.8) is 0 Å². The third-order valence-corrected chi connectivity index (χ3v) is 5.64. The van der Waals surface area contributed by atoms with Crippen LogP contribution >= 0.6 is 27.5 Å². The van der Waals surface area contributed by atoms with Crippen LogP contribution in [0.2, 0.25) is 5.02 Å². The van der Waals surface area contributed by atoms with E-state index in [0.29, 0.717) is 44.3 Å². The van der Waals surface area contributed by atoms with Gasteiger partial charge in [0.15, 0.2) is 17.3 Å². The number of ether oxygens (including phenoxy) is 2. The second kappa shape index (κ2) is 10.7. The number of halogens is 3. The number of benzene rings is 3. The maximum Gasteiger partial charge on any atom is 0.307 e. The van der Waals surface area contributed by atoms with Gasteiger partial charge in [-0.15, -0.1) is 0 Å². The van der Waals surface area contributed by atoms with E-state index in [-0.39, 0.29) is 18.2 Å². The molecule has 0 saturated heterocycles. The highest BCUT2D eigenvalue weighted by molar-refractivity contribution is 9.10. The highest BCUT2D eigenvalue weighted by Crippen LogP contribution is 2.34. The van der Waals surface area contributed by atoms with E-state index >= 15 is 0 Å². The SMILES string of the molecule is CCOc1cc(/C=N/NC(=O)c2cc3cc(Cl)ccc3o2)c(Br)cc1OCc1cccc(F)c1. The molecule has 1 N–H and O–H groups in total. The second-order valence-electron chi connectivity index (χ2n) is 7.16. The largest absolute Gasteiger partial charge is 0.490 e. The maximum atomic E-state index is 13.4. The first-order valence-corrected chi connectivity index (χ1v) is 11.5. The summed E-state index contributed by atoms with van der Waals surface area (Å²) in [5.74, 6) is 0.265. The Morgan fingerprint density at radius 2 is 1.97 bits per heavy atom. The molecule has 174 valence electrons. The zero-order valence-corrected chi connectivity index (χ0v) is 20.3. The summed E-state index contributed by atoms with van der Waals surface area (Å²) < 4.78 is 31.2. The van der Waals surface area contributed by atoms with Gasteiger partial charge in [-0.25, -0.2) is 9.82 Å². The number of carbonyl (C=O) groups excluding carboxylic acids is 1. The molecule has 0 aliphatic carbocycles. The molecule has 3 aromatic carbocycles. The van der Waals surface area contributed by atoms with Crippen LogP contribution in [0.3, 0.4) is 0 Å². The molecule has 1 amide bonds. The number of nitrogens with one attached hydrogen (secondary N) is 1. The van der Waals surface area contributed by atoms with Crippen LogP contribution in [0.15, 0.2) is 74.7 Å². The van der Waals surface area contributed by atoms with Gasteiger partial charge in [0.05, 0.1) is 12.8 Å². The molecule has 0 radical (unpaired) electrons. The molecule has 0 fully saturated rings. The van der Waals surface area contributed by atoms with Crippen LogP contribution in [0.5, 0.6) is 11.5 Å². The Bertz CT molecular complexity index is 1370. The average molecular weight is 546 g/mol. The first-order valence-electron chi connectivity index (χ1n) is 10.3. The van der Waals surface area contributed by atoms with Crippen LogP contribution in [0.1, 0.15) is 28.6 Å². The lowest BCUT2D eigenvalue weighted by atomic mass is 10.2. The minimum atomic E-state index is -0.500. The maximum absolute atomic E-state index is 13.4. The molecule has 0 unspecified atom stereocenters. The fourth-order valence-electron chi connectivity index (χ4n) is 3.16. The molecule has 1 heterocycles. The molecule has 0 spiro atoms. The van der Waals surface area contributed by atoms with Crippen molar-refractivity contribution in [1.82, 2.24) is 5.43 Å². The summed E-state index contributed by atoms with van der Waals surface area (Å²) in [6.07, 6.45) is 1.47. The van der Waals surface area contributed by atoms with E-state index in [1.54, 1.807) is 48.5 Å². The van der Waals surface area contributed by atoms with Gasteiger partial charge >= 0.3 is 5.91 Å². The summed E-state index contributed by atoms with van der Waals surface area (Å²) >= 11 is 9.45. The molecule has 9 heteroatoms. The minimum absolute atomic E-state index is 0.115. The number of hydrogen-bond acceptors (Lipinski definition) is 5. The third-order valence-electron chi connectivity index (χ3n) is 4.72. The molecule has 4 aromatic rings. The zero-order chi connectivity index (χ0) is 24.1. The summed E-state index contributed by atoms with van der Waals surface area (Å²) in [6.45, 7) is 2.45. The number of carbonyl (C=O) groups is 1. The van der Waals surface area contributed by atoms with Crippen LogP contribution in [-0.4, -0.2) is 18.7 Å². The van der Waals surface area contributed by atoms with Gasteiger partial charge in [0.2, 0.25) is 0 Å². The van der Waals surface area contributed by atoms with E-state index in [1.807, 2.05) is 6.92 Å². The Kier molecular flexibility index (Phi) is 7.49. The third kappa shape index (κ3) is 5.76. The van der Waals surface area contributed by atoms with Crippen molar-refractivity contribution in [2.75, 3.05) is 6.61 Å². The number of amides is 1. The lowest BCUT2D eigenvalue weighted by Gasteiger charge is -2.14. The Morgan fingerprint density at radius 1 is 1.15 bits per heavy atom. The summed E-state index contributed by atoms with van der Waals surface area (Å²) in [7, 11) is 0. The Labute approximate surface area is 208 Å².